The van der Waals surface area contributed by atoms with Gasteiger partial charge < -0.3 is 11.1 Å². The quantitative estimate of drug-likeness (QED) is 0.914. The van der Waals surface area contributed by atoms with E-state index in [9.17, 15) is 10.1 Å². The molecule has 1 aliphatic carbocycles. The first kappa shape index (κ1) is 13.8. The van der Waals surface area contributed by atoms with E-state index in [-0.39, 0.29) is 5.91 Å². The van der Waals surface area contributed by atoms with E-state index in [1.165, 1.54) is 16.2 Å². The van der Waals surface area contributed by atoms with Gasteiger partial charge in [0.1, 0.15) is 17.1 Å². The summed E-state index contributed by atoms with van der Waals surface area (Å²) in [6.45, 7) is 0. The summed E-state index contributed by atoms with van der Waals surface area (Å²) < 4.78 is 0. The van der Waals surface area contributed by atoms with Gasteiger partial charge in [-0.2, -0.15) is 5.26 Å². The molecule has 0 radical (unpaired) electrons. The summed E-state index contributed by atoms with van der Waals surface area (Å²) in [5, 5.41) is 12.8. The van der Waals surface area contributed by atoms with Crippen LogP contribution < -0.4 is 11.1 Å². The minimum Gasteiger partial charge on any atom is -0.316 e. The number of carbonyl (C=O) groups excluding carboxylic acids is 1. The van der Waals surface area contributed by atoms with E-state index < -0.39 is 6.04 Å². The Kier molecular flexibility index (Phi) is 3.74. The number of thiophene rings is 1. The minimum atomic E-state index is -0.727. The third kappa shape index (κ3) is 2.56. The van der Waals surface area contributed by atoms with E-state index >= 15 is 0 Å². The lowest BCUT2D eigenvalue weighted by Gasteiger charge is -2.11. The number of hydrogen-bond donors (Lipinski definition) is 2. The Bertz CT molecular complexity index is 715. The zero-order valence-electron chi connectivity index (χ0n) is 11.4. The van der Waals surface area contributed by atoms with Gasteiger partial charge in [-0.1, -0.05) is 30.3 Å². The van der Waals surface area contributed by atoms with Gasteiger partial charge in [0.25, 0.3) is 0 Å². The van der Waals surface area contributed by atoms with Crippen LogP contribution in [0.15, 0.2) is 30.3 Å². The van der Waals surface area contributed by atoms with Gasteiger partial charge in [-0.25, -0.2) is 0 Å². The number of nitrogens with one attached hydrogen (secondary N) is 1. The summed E-state index contributed by atoms with van der Waals surface area (Å²) in [6, 6.07) is 10.7. The summed E-state index contributed by atoms with van der Waals surface area (Å²) in [4.78, 5) is 13.5. The number of nitrogens with zero attached hydrogens (tertiary/aromatic N) is 1. The predicted molar refractivity (Wildman–Crippen MR) is 83.1 cm³/mol. The van der Waals surface area contributed by atoms with E-state index in [0.717, 1.165) is 30.4 Å². The van der Waals surface area contributed by atoms with Gasteiger partial charge in [-0.3, -0.25) is 4.79 Å². The number of fused-ring (bicyclic) bond motifs is 1. The van der Waals surface area contributed by atoms with E-state index in [1.54, 1.807) is 0 Å². The summed E-state index contributed by atoms with van der Waals surface area (Å²) in [7, 11) is 0. The average Bonchev–Trinajstić information content (AvgIpc) is 3.07. The molecule has 3 rings (SSSR count). The van der Waals surface area contributed by atoms with Gasteiger partial charge in [0, 0.05) is 4.88 Å². The zero-order valence-corrected chi connectivity index (χ0v) is 12.2. The fourth-order valence-corrected chi connectivity index (χ4v) is 3.85. The number of hydrogen-bond acceptors (Lipinski definition) is 4. The SMILES string of the molecule is N#Cc1c(NC(=O)C(N)c2ccccc2)sc2c1CCC2. The van der Waals surface area contributed by atoms with E-state index in [1.807, 2.05) is 30.3 Å². The molecule has 0 spiro atoms. The molecular weight excluding hydrogens is 282 g/mol. The maximum atomic E-state index is 12.3. The number of nitrogens with two attached hydrogens (primary N) is 1. The lowest BCUT2D eigenvalue weighted by molar-refractivity contribution is -0.117. The van der Waals surface area contributed by atoms with Crippen LogP contribution in [-0.4, -0.2) is 5.91 Å². The van der Waals surface area contributed by atoms with Crippen LogP contribution in [0.2, 0.25) is 0 Å². The Labute approximate surface area is 127 Å². The van der Waals surface area contributed by atoms with Crippen molar-refractivity contribution in [3.8, 4) is 6.07 Å². The Balaban J connectivity index is 1.81. The van der Waals surface area contributed by atoms with Crippen molar-refractivity contribution in [3.05, 3.63) is 51.9 Å². The molecule has 5 heteroatoms. The van der Waals surface area contributed by atoms with Crippen molar-refractivity contribution in [1.29, 1.82) is 5.26 Å². The molecular formula is C16H15N3OS. The van der Waals surface area contributed by atoms with Gasteiger partial charge in [0.05, 0.1) is 5.56 Å². The number of nitriles is 1. The molecule has 0 saturated carbocycles. The normalized spacial score (nSPS) is 14.3. The van der Waals surface area contributed by atoms with E-state index in [2.05, 4.69) is 11.4 Å². The molecule has 2 aromatic rings. The molecule has 1 atom stereocenters. The third-order valence-electron chi connectivity index (χ3n) is 3.71. The Morgan fingerprint density at radius 1 is 1.33 bits per heavy atom. The summed E-state index contributed by atoms with van der Waals surface area (Å²) in [6.07, 6.45) is 3.01. The lowest BCUT2D eigenvalue weighted by Crippen LogP contribution is -2.27. The van der Waals surface area contributed by atoms with E-state index in [0.29, 0.717) is 10.6 Å². The molecule has 0 aliphatic heterocycles. The maximum Gasteiger partial charge on any atom is 0.246 e. The molecule has 1 heterocycles. The highest BCUT2D eigenvalue weighted by atomic mass is 32.1. The number of amides is 1. The molecule has 4 nitrogen and oxygen atoms in total. The first-order valence-electron chi connectivity index (χ1n) is 6.86. The number of aryl methyl sites for hydroxylation is 1. The van der Waals surface area contributed by atoms with Crippen LogP contribution in [0.4, 0.5) is 5.00 Å². The molecule has 1 amide bonds. The average molecular weight is 297 g/mol. The van der Waals surface area contributed by atoms with Gasteiger partial charge in [-0.15, -0.1) is 11.3 Å². The highest BCUT2D eigenvalue weighted by Crippen LogP contribution is 2.38. The lowest BCUT2D eigenvalue weighted by atomic mass is 10.1. The molecule has 3 N–H and O–H groups in total. The maximum absolute atomic E-state index is 12.3. The number of anilines is 1. The summed E-state index contributed by atoms with van der Waals surface area (Å²) in [5.41, 5.74) is 8.46. The molecule has 0 fully saturated rings. The first-order valence-corrected chi connectivity index (χ1v) is 7.68. The monoisotopic (exact) mass is 297 g/mol. The number of rotatable bonds is 3. The topological polar surface area (TPSA) is 78.9 Å². The molecule has 1 aromatic heterocycles. The van der Waals surface area contributed by atoms with Crippen LogP contribution in [0.25, 0.3) is 0 Å². The van der Waals surface area contributed by atoms with Gasteiger partial charge in [0.15, 0.2) is 0 Å². The zero-order chi connectivity index (χ0) is 14.8. The number of benzene rings is 1. The van der Waals surface area contributed by atoms with Crippen LogP contribution in [-0.2, 0) is 17.6 Å². The van der Waals surface area contributed by atoms with Crippen molar-refractivity contribution in [2.45, 2.75) is 25.3 Å². The van der Waals surface area contributed by atoms with Crippen LogP contribution in [0.5, 0.6) is 0 Å². The molecule has 0 bridgehead atoms. The number of carbonyl (C=O) groups is 1. The molecule has 1 aromatic carbocycles. The highest BCUT2D eigenvalue weighted by molar-refractivity contribution is 7.16. The Morgan fingerprint density at radius 3 is 2.81 bits per heavy atom. The van der Waals surface area contributed by atoms with Crippen molar-refractivity contribution in [2.24, 2.45) is 5.73 Å². The Hall–Kier alpha value is -2.16. The van der Waals surface area contributed by atoms with Crippen molar-refractivity contribution in [2.75, 3.05) is 5.32 Å². The highest BCUT2D eigenvalue weighted by Gasteiger charge is 2.24. The van der Waals surface area contributed by atoms with Crippen molar-refractivity contribution >= 4 is 22.2 Å². The van der Waals surface area contributed by atoms with Gasteiger partial charge in [-0.05, 0) is 30.4 Å². The van der Waals surface area contributed by atoms with Crippen LogP contribution in [0, 0.1) is 11.3 Å². The van der Waals surface area contributed by atoms with Crippen molar-refractivity contribution < 1.29 is 4.79 Å². The molecule has 106 valence electrons. The fourth-order valence-electron chi connectivity index (χ4n) is 2.61. The second-order valence-electron chi connectivity index (χ2n) is 5.05. The third-order valence-corrected chi connectivity index (χ3v) is 4.92. The van der Waals surface area contributed by atoms with E-state index in [4.69, 9.17) is 5.73 Å². The largest absolute Gasteiger partial charge is 0.316 e. The second-order valence-corrected chi connectivity index (χ2v) is 6.16. The fraction of sp³-hybridized carbons (Fsp3) is 0.250. The first-order chi connectivity index (χ1) is 10.2. The summed E-state index contributed by atoms with van der Waals surface area (Å²) >= 11 is 1.50. The standard InChI is InChI=1S/C16H15N3OS/c17-9-12-11-7-4-8-13(11)21-16(12)19-15(20)14(18)10-5-2-1-3-6-10/h1-3,5-6,14H,4,7-8,18H2,(H,19,20). The van der Waals surface area contributed by atoms with Gasteiger partial charge in [0.2, 0.25) is 5.91 Å². The van der Waals surface area contributed by atoms with Crippen LogP contribution >= 0.6 is 11.3 Å². The summed E-state index contributed by atoms with van der Waals surface area (Å²) in [5.74, 6) is -0.280. The Morgan fingerprint density at radius 2 is 2.10 bits per heavy atom. The molecule has 1 unspecified atom stereocenters. The second kappa shape index (κ2) is 5.68. The predicted octanol–water partition coefficient (Wildman–Crippen LogP) is 2.75. The van der Waals surface area contributed by atoms with Gasteiger partial charge >= 0.3 is 0 Å². The molecule has 1 aliphatic rings. The van der Waals surface area contributed by atoms with Crippen molar-refractivity contribution in [3.63, 3.8) is 0 Å². The minimum absolute atomic E-state index is 0.280. The molecule has 0 saturated heterocycles. The van der Waals surface area contributed by atoms with Crippen LogP contribution in [0.1, 0.15) is 34.0 Å². The smallest absolute Gasteiger partial charge is 0.246 e. The molecule has 21 heavy (non-hydrogen) atoms. The van der Waals surface area contributed by atoms with Crippen molar-refractivity contribution in [1.82, 2.24) is 0 Å². The van der Waals surface area contributed by atoms with Crippen LogP contribution in [0.3, 0.4) is 0 Å².